The molecule has 0 spiro atoms. The molecule has 0 saturated heterocycles. The summed E-state index contributed by atoms with van der Waals surface area (Å²) in [4.78, 5) is -0.111. The molecule has 0 fully saturated rings. The Morgan fingerprint density at radius 1 is 1.38 bits per heavy atom. The first-order valence-corrected chi connectivity index (χ1v) is 4.68. The van der Waals surface area contributed by atoms with Gasteiger partial charge < -0.3 is 0 Å². The molecule has 0 saturated carbocycles. The minimum atomic E-state index is -4.08. The normalized spacial score (nSPS) is 10.2. The molecular weight excluding hydrogens is 216 g/mol. The average Bonchev–Trinajstić information content (AvgIpc) is 2.03. The van der Waals surface area contributed by atoms with E-state index in [0.29, 0.717) is 5.56 Å². The molecule has 0 aliphatic carbocycles. The van der Waals surface area contributed by atoms with E-state index in [9.17, 15) is 8.42 Å². The fourth-order valence-corrected chi connectivity index (χ4v) is 1.34. The van der Waals surface area contributed by atoms with Crippen molar-refractivity contribution >= 4 is 53.9 Å². The van der Waals surface area contributed by atoms with Crippen LogP contribution in [0.4, 0.5) is 0 Å². The van der Waals surface area contributed by atoms with E-state index in [-0.39, 0.29) is 42.6 Å². The van der Waals surface area contributed by atoms with Crippen LogP contribution in [0.5, 0.6) is 0 Å². The topological polar surface area (TPSA) is 54.4 Å². The van der Waals surface area contributed by atoms with Crippen LogP contribution < -0.4 is 0 Å². The van der Waals surface area contributed by atoms with Crippen molar-refractivity contribution < 1.29 is 13.0 Å². The summed E-state index contributed by atoms with van der Waals surface area (Å²) in [6.07, 6.45) is 1.51. The fourth-order valence-electron chi connectivity index (χ4n) is 0.802. The van der Waals surface area contributed by atoms with Gasteiger partial charge in [-0.1, -0.05) is 24.8 Å². The van der Waals surface area contributed by atoms with E-state index in [0.717, 1.165) is 0 Å². The van der Waals surface area contributed by atoms with Gasteiger partial charge in [0.2, 0.25) is 0 Å². The van der Waals surface area contributed by atoms with Crippen LogP contribution in [0.25, 0.3) is 6.08 Å². The summed E-state index contributed by atoms with van der Waals surface area (Å²) in [5, 5.41) is 0. The monoisotopic (exact) mass is 226 g/mol. The van der Waals surface area contributed by atoms with Gasteiger partial charge in [-0.15, -0.1) is 0 Å². The van der Waals surface area contributed by atoms with Crippen LogP contribution in [0.3, 0.4) is 0 Å². The molecule has 0 aliphatic rings. The summed E-state index contributed by atoms with van der Waals surface area (Å²) in [6, 6.07) is 5.91. The first kappa shape index (κ1) is 13.1. The summed E-state index contributed by atoms with van der Waals surface area (Å²) >= 11 is 0. The van der Waals surface area contributed by atoms with E-state index in [1.165, 1.54) is 18.2 Å². The molecule has 0 amide bonds. The molecule has 1 aromatic carbocycles. The van der Waals surface area contributed by atoms with Gasteiger partial charge in [-0.3, -0.25) is 4.55 Å². The Morgan fingerprint density at radius 2 is 2.00 bits per heavy atom. The Kier molecular flexibility index (Phi) is 5.17. The van der Waals surface area contributed by atoms with Crippen molar-refractivity contribution in [1.82, 2.24) is 0 Å². The van der Waals surface area contributed by atoms with Crippen molar-refractivity contribution in [3.63, 3.8) is 0 Å². The standard InChI is InChI=1S/C8H8O3S.Ca.2H/c1-2-7-4-3-5-8(6-7)12(9,10)11;;;/h2-6H,1H2,(H,9,10,11);;;. The SMILES string of the molecule is C=Cc1cccc(S(=O)(=O)O)c1.[CaH2]. The van der Waals surface area contributed by atoms with Crippen molar-refractivity contribution in [3.05, 3.63) is 36.4 Å². The van der Waals surface area contributed by atoms with E-state index in [2.05, 4.69) is 6.58 Å². The zero-order chi connectivity index (χ0) is 9.19. The second-order valence-electron chi connectivity index (χ2n) is 2.25. The van der Waals surface area contributed by atoms with Gasteiger partial charge in [0, 0.05) is 0 Å². The number of hydrogen-bond donors (Lipinski definition) is 1. The Bertz CT molecular complexity index is 398. The third kappa shape index (κ3) is 3.79. The van der Waals surface area contributed by atoms with Gasteiger partial charge in [0.1, 0.15) is 0 Å². The van der Waals surface area contributed by atoms with Crippen molar-refractivity contribution in [2.75, 3.05) is 0 Å². The molecular formula is C8H10CaO3S. The molecule has 68 valence electrons. The predicted molar refractivity (Wildman–Crippen MR) is 54.9 cm³/mol. The third-order valence-electron chi connectivity index (χ3n) is 1.39. The Labute approximate surface area is 107 Å². The van der Waals surface area contributed by atoms with Gasteiger partial charge in [0.05, 0.1) is 4.90 Å². The first-order chi connectivity index (χ1) is 5.54. The Morgan fingerprint density at radius 3 is 2.46 bits per heavy atom. The van der Waals surface area contributed by atoms with Crippen LogP contribution in [0, 0.1) is 0 Å². The van der Waals surface area contributed by atoms with E-state index >= 15 is 0 Å². The van der Waals surface area contributed by atoms with Crippen molar-refractivity contribution in [1.29, 1.82) is 0 Å². The Balaban J connectivity index is 0.00000144. The van der Waals surface area contributed by atoms with E-state index in [4.69, 9.17) is 4.55 Å². The van der Waals surface area contributed by atoms with Gasteiger partial charge >= 0.3 is 37.7 Å². The molecule has 3 nitrogen and oxygen atoms in total. The fraction of sp³-hybridized carbons (Fsp3) is 0. The van der Waals surface area contributed by atoms with Gasteiger partial charge in [-0.05, 0) is 17.7 Å². The third-order valence-corrected chi connectivity index (χ3v) is 2.24. The van der Waals surface area contributed by atoms with Gasteiger partial charge in [-0.25, -0.2) is 0 Å². The van der Waals surface area contributed by atoms with Crippen molar-refractivity contribution in [3.8, 4) is 0 Å². The molecule has 0 bridgehead atoms. The van der Waals surface area contributed by atoms with E-state index in [1.807, 2.05) is 0 Å². The van der Waals surface area contributed by atoms with Gasteiger partial charge in [0.25, 0.3) is 10.1 Å². The van der Waals surface area contributed by atoms with Crippen molar-refractivity contribution in [2.45, 2.75) is 4.90 Å². The zero-order valence-corrected chi connectivity index (χ0v) is 7.08. The number of hydrogen-bond acceptors (Lipinski definition) is 2. The summed E-state index contributed by atoms with van der Waals surface area (Å²) in [5.41, 5.74) is 0.658. The van der Waals surface area contributed by atoms with Crippen molar-refractivity contribution in [2.24, 2.45) is 0 Å². The molecule has 1 aromatic rings. The predicted octanol–water partition coefficient (Wildman–Crippen LogP) is 0.660. The zero-order valence-electron chi connectivity index (χ0n) is 6.27. The molecule has 1 rings (SSSR count). The van der Waals surface area contributed by atoms with E-state index in [1.54, 1.807) is 12.1 Å². The molecule has 0 aromatic heterocycles. The molecule has 5 heteroatoms. The maximum atomic E-state index is 10.6. The van der Waals surface area contributed by atoms with E-state index < -0.39 is 10.1 Å². The number of rotatable bonds is 2. The molecule has 0 radical (unpaired) electrons. The summed E-state index contributed by atoms with van der Waals surface area (Å²) in [6.45, 7) is 3.48. The average molecular weight is 226 g/mol. The summed E-state index contributed by atoms with van der Waals surface area (Å²) in [7, 11) is -4.08. The molecule has 13 heavy (non-hydrogen) atoms. The van der Waals surface area contributed by atoms with Crippen LogP contribution in [0.2, 0.25) is 0 Å². The molecule has 0 atom stereocenters. The van der Waals surface area contributed by atoms with Crippen LogP contribution in [-0.2, 0) is 10.1 Å². The quantitative estimate of drug-likeness (QED) is 0.595. The van der Waals surface area contributed by atoms with Gasteiger partial charge in [-0.2, -0.15) is 8.42 Å². The molecule has 1 N–H and O–H groups in total. The maximum absolute atomic E-state index is 10.6. The van der Waals surface area contributed by atoms with Gasteiger partial charge in [0.15, 0.2) is 0 Å². The van der Waals surface area contributed by atoms with Crippen LogP contribution in [-0.4, -0.2) is 50.7 Å². The minimum absolute atomic E-state index is 0. The molecule has 0 aliphatic heterocycles. The van der Waals surface area contributed by atoms with Crippen LogP contribution in [0.15, 0.2) is 35.7 Å². The van der Waals surface area contributed by atoms with Crippen LogP contribution >= 0.6 is 0 Å². The number of benzene rings is 1. The first-order valence-electron chi connectivity index (χ1n) is 3.24. The summed E-state index contributed by atoms with van der Waals surface area (Å²) in [5.74, 6) is 0. The second-order valence-corrected chi connectivity index (χ2v) is 3.67. The molecule has 0 unspecified atom stereocenters. The molecule has 0 heterocycles. The summed E-state index contributed by atoms with van der Waals surface area (Å²) < 4.78 is 29.9. The Hall–Kier alpha value is 0.130. The second kappa shape index (κ2) is 5.12. The van der Waals surface area contributed by atoms with Crippen LogP contribution in [0.1, 0.15) is 5.56 Å².